The minimum absolute atomic E-state index is 0.517. The number of aliphatic imine (C=N–C) groups is 2. The van der Waals surface area contributed by atoms with Crippen LogP contribution in [0.4, 0.5) is 0 Å². The first kappa shape index (κ1) is 13.4. The highest BCUT2D eigenvalue weighted by atomic mass is 14.8. The molecule has 1 aliphatic rings. The number of rotatable bonds is 6. The molecule has 0 bridgehead atoms. The zero-order chi connectivity index (χ0) is 11.6. The molecule has 1 aliphatic carbocycles. The van der Waals surface area contributed by atoms with E-state index in [-0.39, 0.29) is 0 Å². The average Bonchev–Trinajstić information content (AvgIpc) is 2.33. The molecule has 0 amide bonds. The molecule has 0 radical (unpaired) electrons. The van der Waals surface area contributed by atoms with Gasteiger partial charge >= 0.3 is 0 Å². The molecule has 0 heterocycles. The van der Waals surface area contributed by atoms with E-state index in [0.29, 0.717) is 12.0 Å². The van der Waals surface area contributed by atoms with E-state index >= 15 is 0 Å². The standard InChI is InChI=1S/C14H26N2/c1-3-4-8-13(2)11-15-12-16-14-9-6-5-7-10-14/h13-14H,3-11H2,1-2H3. The second-order valence-corrected chi connectivity index (χ2v) is 5.11. The maximum Gasteiger partial charge on any atom is 0.0895 e. The van der Waals surface area contributed by atoms with E-state index < -0.39 is 0 Å². The SMILES string of the molecule is CCCCC(C)CN=C=NC1CCCCC1. The van der Waals surface area contributed by atoms with Crippen LogP contribution in [0.1, 0.15) is 65.2 Å². The van der Waals surface area contributed by atoms with Gasteiger partial charge in [0.05, 0.1) is 18.6 Å². The molecule has 1 atom stereocenters. The lowest BCUT2D eigenvalue weighted by Crippen LogP contribution is -2.08. The molecule has 0 aromatic rings. The fourth-order valence-corrected chi connectivity index (χ4v) is 2.17. The van der Waals surface area contributed by atoms with Crippen LogP contribution in [-0.2, 0) is 0 Å². The van der Waals surface area contributed by atoms with Crippen LogP contribution in [0, 0.1) is 5.92 Å². The second-order valence-electron chi connectivity index (χ2n) is 5.11. The fraction of sp³-hybridized carbons (Fsp3) is 0.929. The van der Waals surface area contributed by atoms with Crippen LogP contribution in [0.5, 0.6) is 0 Å². The Hall–Kier alpha value is -0.620. The molecule has 0 spiro atoms. The van der Waals surface area contributed by atoms with Crippen molar-refractivity contribution in [1.29, 1.82) is 0 Å². The molecule has 1 unspecified atom stereocenters. The minimum Gasteiger partial charge on any atom is -0.225 e. The highest BCUT2D eigenvalue weighted by Gasteiger charge is 2.10. The molecule has 2 heteroatoms. The van der Waals surface area contributed by atoms with E-state index in [1.54, 1.807) is 0 Å². The van der Waals surface area contributed by atoms with Gasteiger partial charge in [0, 0.05) is 0 Å². The van der Waals surface area contributed by atoms with Crippen molar-refractivity contribution in [3.05, 3.63) is 0 Å². The van der Waals surface area contributed by atoms with Crippen molar-refractivity contribution in [1.82, 2.24) is 0 Å². The van der Waals surface area contributed by atoms with Crippen molar-refractivity contribution in [2.45, 2.75) is 71.3 Å². The van der Waals surface area contributed by atoms with Gasteiger partial charge in [-0.05, 0) is 25.2 Å². The number of hydrogen-bond acceptors (Lipinski definition) is 2. The summed E-state index contributed by atoms with van der Waals surface area (Å²) in [5.41, 5.74) is 0. The van der Waals surface area contributed by atoms with Crippen LogP contribution in [0.3, 0.4) is 0 Å². The van der Waals surface area contributed by atoms with E-state index in [9.17, 15) is 0 Å². The molecule has 0 aromatic carbocycles. The molecular formula is C14H26N2. The molecule has 1 saturated carbocycles. The molecule has 1 fully saturated rings. The van der Waals surface area contributed by atoms with E-state index in [1.165, 1.54) is 51.4 Å². The summed E-state index contributed by atoms with van der Waals surface area (Å²) >= 11 is 0. The Bertz CT molecular complexity index is 223. The summed E-state index contributed by atoms with van der Waals surface area (Å²) in [7, 11) is 0. The maximum absolute atomic E-state index is 4.42. The van der Waals surface area contributed by atoms with Crippen LogP contribution < -0.4 is 0 Å². The molecule has 1 rings (SSSR count). The van der Waals surface area contributed by atoms with Crippen LogP contribution >= 0.6 is 0 Å². The Kier molecular flexibility index (Phi) is 7.16. The zero-order valence-corrected chi connectivity index (χ0v) is 10.9. The zero-order valence-electron chi connectivity index (χ0n) is 10.9. The highest BCUT2D eigenvalue weighted by molar-refractivity contribution is 5.41. The summed E-state index contributed by atoms with van der Waals surface area (Å²) in [5, 5.41) is 0. The van der Waals surface area contributed by atoms with Crippen LogP contribution in [-0.4, -0.2) is 18.6 Å². The molecular weight excluding hydrogens is 196 g/mol. The minimum atomic E-state index is 0.517. The lowest BCUT2D eigenvalue weighted by atomic mass is 9.96. The third-order valence-electron chi connectivity index (χ3n) is 3.34. The summed E-state index contributed by atoms with van der Waals surface area (Å²) < 4.78 is 0. The summed E-state index contributed by atoms with van der Waals surface area (Å²) in [5.74, 6) is 0.689. The first-order chi connectivity index (χ1) is 7.83. The lowest BCUT2D eigenvalue weighted by Gasteiger charge is -2.15. The van der Waals surface area contributed by atoms with Gasteiger partial charge < -0.3 is 0 Å². The Balaban J connectivity index is 2.16. The van der Waals surface area contributed by atoms with Crippen molar-refractivity contribution in [3.8, 4) is 0 Å². The van der Waals surface area contributed by atoms with Gasteiger partial charge in [-0.15, -0.1) is 0 Å². The Morgan fingerprint density at radius 3 is 2.69 bits per heavy atom. The molecule has 16 heavy (non-hydrogen) atoms. The third-order valence-corrected chi connectivity index (χ3v) is 3.34. The average molecular weight is 222 g/mol. The van der Waals surface area contributed by atoms with E-state index in [1.807, 2.05) is 0 Å². The monoisotopic (exact) mass is 222 g/mol. The largest absolute Gasteiger partial charge is 0.225 e. The number of hydrogen-bond donors (Lipinski definition) is 0. The van der Waals surface area contributed by atoms with Crippen molar-refractivity contribution in [2.24, 2.45) is 15.9 Å². The Labute approximate surface area is 100 Å². The van der Waals surface area contributed by atoms with Gasteiger partial charge in [-0.3, -0.25) is 0 Å². The molecule has 0 N–H and O–H groups in total. The van der Waals surface area contributed by atoms with Gasteiger partial charge in [0.25, 0.3) is 0 Å². The molecule has 92 valence electrons. The number of nitrogens with zero attached hydrogens (tertiary/aromatic N) is 2. The highest BCUT2D eigenvalue weighted by Crippen LogP contribution is 2.19. The van der Waals surface area contributed by atoms with Crippen molar-refractivity contribution in [2.75, 3.05) is 6.54 Å². The topological polar surface area (TPSA) is 24.7 Å². The lowest BCUT2D eigenvalue weighted by molar-refractivity contribution is 0.444. The van der Waals surface area contributed by atoms with Gasteiger partial charge in [-0.25, -0.2) is 9.98 Å². The number of unbranched alkanes of at least 4 members (excludes halogenated alkanes) is 1. The van der Waals surface area contributed by atoms with Gasteiger partial charge in [0.2, 0.25) is 0 Å². The van der Waals surface area contributed by atoms with Crippen LogP contribution in [0.15, 0.2) is 9.98 Å². The van der Waals surface area contributed by atoms with Crippen molar-refractivity contribution in [3.63, 3.8) is 0 Å². The predicted molar refractivity (Wildman–Crippen MR) is 70.3 cm³/mol. The van der Waals surface area contributed by atoms with Crippen molar-refractivity contribution >= 4 is 6.01 Å². The summed E-state index contributed by atoms with van der Waals surface area (Å²) in [6.45, 7) is 5.40. The first-order valence-corrected chi connectivity index (χ1v) is 6.94. The van der Waals surface area contributed by atoms with Gasteiger partial charge in [0.15, 0.2) is 0 Å². The second kappa shape index (κ2) is 8.52. The van der Waals surface area contributed by atoms with Gasteiger partial charge in [0.1, 0.15) is 0 Å². The van der Waals surface area contributed by atoms with Crippen LogP contribution in [0.25, 0.3) is 0 Å². The predicted octanol–water partition coefficient (Wildman–Crippen LogP) is 4.32. The van der Waals surface area contributed by atoms with E-state index in [2.05, 4.69) is 29.8 Å². The summed E-state index contributed by atoms with van der Waals surface area (Å²) in [6.07, 6.45) is 10.4. The Morgan fingerprint density at radius 2 is 2.00 bits per heavy atom. The Morgan fingerprint density at radius 1 is 1.25 bits per heavy atom. The first-order valence-electron chi connectivity index (χ1n) is 6.94. The maximum atomic E-state index is 4.42. The molecule has 0 aromatic heterocycles. The van der Waals surface area contributed by atoms with Gasteiger partial charge in [-0.2, -0.15) is 0 Å². The van der Waals surface area contributed by atoms with Gasteiger partial charge in [-0.1, -0.05) is 46.0 Å². The van der Waals surface area contributed by atoms with Crippen molar-refractivity contribution < 1.29 is 0 Å². The normalized spacial score (nSPS) is 18.9. The summed E-state index contributed by atoms with van der Waals surface area (Å²) in [6, 6.07) is 3.43. The quantitative estimate of drug-likeness (QED) is 0.598. The molecule has 0 saturated heterocycles. The smallest absolute Gasteiger partial charge is 0.0895 e. The molecule has 0 aliphatic heterocycles. The summed E-state index contributed by atoms with van der Waals surface area (Å²) in [4.78, 5) is 8.72. The van der Waals surface area contributed by atoms with E-state index in [4.69, 9.17) is 0 Å². The third kappa shape index (κ3) is 6.07. The van der Waals surface area contributed by atoms with Crippen LogP contribution in [0.2, 0.25) is 0 Å². The fourth-order valence-electron chi connectivity index (χ4n) is 2.17. The molecule has 2 nitrogen and oxygen atoms in total. The van der Waals surface area contributed by atoms with E-state index in [0.717, 1.165) is 6.54 Å².